The van der Waals surface area contributed by atoms with E-state index in [0.717, 1.165) is 12.0 Å². The first kappa shape index (κ1) is 13.0. The van der Waals surface area contributed by atoms with Crippen LogP contribution in [0, 0.1) is 6.92 Å². The molecular weight excluding hydrogens is 184 g/mol. The van der Waals surface area contributed by atoms with E-state index in [4.69, 9.17) is 0 Å². The minimum Gasteiger partial charge on any atom is -0.255 e. The first-order valence-corrected chi connectivity index (χ1v) is 4.88. The quantitative estimate of drug-likeness (QED) is 0.706. The number of aryl methyl sites for hydroxylation is 2. The van der Waals surface area contributed by atoms with Gasteiger partial charge in [0.25, 0.3) is 6.43 Å². The monoisotopic (exact) mass is 201 g/mol. The Morgan fingerprint density at radius 3 is 2.29 bits per heavy atom. The van der Waals surface area contributed by atoms with Gasteiger partial charge in [-0.1, -0.05) is 26.8 Å². The van der Waals surface area contributed by atoms with Crippen molar-refractivity contribution in [2.24, 2.45) is 0 Å². The highest BCUT2D eigenvalue weighted by Crippen LogP contribution is 2.20. The maximum absolute atomic E-state index is 12.2. The fourth-order valence-corrected chi connectivity index (χ4v) is 1.07. The van der Waals surface area contributed by atoms with Gasteiger partial charge in [0, 0.05) is 6.20 Å². The fourth-order valence-electron chi connectivity index (χ4n) is 1.07. The lowest BCUT2D eigenvalue weighted by molar-refractivity contribution is 0.145. The van der Waals surface area contributed by atoms with Crippen LogP contribution in [0.4, 0.5) is 8.78 Å². The molecule has 0 radical (unpaired) electrons. The Morgan fingerprint density at radius 1 is 1.36 bits per heavy atom. The van der Waals surface area contributed by atoms with Crippen LogP contribution in [-0.2, 0) is 6.42 Å². The number of hydrogen-bond acceptors (Lipinski definition) is 1. The number of nitrogens with zero attached hydrogens (tertiary/aromatic N) is 1. The number of halogens is 2. The Bertz CT molecular complexity index is 272. The van der Waals surface area contributed by atoms with Crippen molar-refractivity contribution in [3.8, 4) is 0 Å². The molecule has 0 fully saturated rings. The van der Waals surface area contributed by atoms with Gasteiger partial charge < -0.3 is 0 Å². The summed E-state index contributed by atoms with van der Waals surface area (Å²) in [7, 11) is 0. The minimum atomic E-state index is -2.46. The molecule has 80 valence electrons. The topological polar surface area (TPSA) is 12.9 Å². The highest BCUT2D eigenvalue weighted by molar-refractivity contribution is 5.24. The number of aromatic nitrogens is 1. The van der Waals surface area contributed by atoms with Crippen molar-refractivity contribution in [2.45, 2.75) is 40.5 Å². The second kappa shape index (κ2) is 6.46. The molecule has 14 heavy (non-hydrogen) atoms. The summed E-state index contributed by atoms with van der Waals surface area (Å²) in [5, 5.41) is 0. The van der Waals surface area contributed by atoms with Crippen LogP contribution in [0.3, 0.4) is 0 Å². The van der Waals surface area contributed by atoms with Gasteiger partial charge in [-0.2, -0.15) is 0 Å². The molecule has 1 rings (SSSR count). The molecule has 3 heteroatoms. The summed E-state index contributed by atoms with van der Waals surface area (Å²) >= 11 is 0. The van der Waals surface area contributed by atoms with Crippen LogP contribution < -0.4 is 0 Å². The molecule has 1 aromatic rings. The van der Waals surface area contributed by atoms with Crippen molar-refractivity contribution in [1.29, 1.82) is 0 Å². The average molecular weight is 201 g/mol. The van der Waals surface area contributed by atoms with E-state index in [9.17, 15) is 8.78 Å². The number of hydrogen-bond donors (Lipinski definition) is 0. The molecule has 1 heterocycles. The van der Waals surface area contributed by atoms with E-state index in [2.05, 4.69) is 4.98 Å². The lowest BCUT2D eigenvalue weighted by Gasteiger charge is -2.04. The van der Waals surface area contributed by atoms with Crippen LogP contribution in [0.1, 0.15) is 44.0 Å². The molecule has 0 aromatic carbocycles. The molecular formula is C11H17F2N. The summed E-state index contributed by atoms with van der Waals surface area (Å²) in [6, 6.07) is 1.76. The van der Waals surface area contributed by atoms with E-state index < -0.39 is 6.43 Å². The summed E-state index contributed by atoms with van der Waals surface area (Å²) in [5.41, 5.74) is 1.47. The summed E-state index contributed by atoms with van der Waals surface area (Å²) < 4.78 is 24.4. The molecule has 0 N–H and O–H groups in total. The third-order valence-electron chi connectivity index (χ3n) is 1.79. The average Bonchev–Trinajstić information content (AvgIpc) is 2.20. The standard InChI is InChI=1S/C9H11F2N.C2H6/c1-3-7-4-6(2)8(9(10)11)12-5-7;1-2/h4-5,9H,3H2,1-2H3;1-2H3. The lowest BCUT2D eigenvalue weighted by Crippen LogP contribution is -1.95. The Balaban J connectivity index is 0.000000791. The predicted molar refractivity (Wildman–Crippen MR) is 54.7 cm³/mol. The normalized spacial score (nSPS) is 9.64. The van der Waals surface area contributed by atoms with E-state index in [1.165, 1.54) is 6.20 Å². The molecule has 0 saturated carbocycles. The largest absolute Gasteiger partial charge is 0.280 e. The van der Waals surface area contributed by atoms with Gasteiger partial charge in [-0.05, 0) is 24.5 Å². The smallest absolute Gasteiger partial charge is 0.255 e. The van der Waals surface area contributed by atoms with Gasteiger partial charge in [0.15, 0.2) is 0 Å². The molecule has 0 amide bonds. The maximum atomic E-state index is 12.2. The molecule has 0 saturated heterocycles. The SMILES string of the molecule is CC.CCc1cnc(C(F)F)c(C)c1. The summed E-state index contributed by atoms with van der Waals surface area (Å²) in [4.78, 5) is 3.70. The molecule has 1 nitrogen and oxygen atoms in total. The van der Waals surface area contributed by atoms with E-state index in [-0.39, 0.29) is 5.69 Å². The van der Waals surface area contributed by atoms with E-state index in [1.807, 2.05) is 20.8 Å². The zero-order valence-corrected chi connectivity index (χ0v) is 9.14. The van der Waals surface area contributed by atoms with Gasteiger partial charge in [-0.25, -0.2) is 8.78 Å². The van der Waals surface area contributed by atoms with Crippen molar-refractivity contribution in [3.05, 3.63) is 29.1 Å². The molecule has 0 aliphatic carbocycles. The van der Waals surface area contributed by atoms with E-state index in [1.54, 1.807) is 13.0 Å². The van der Waals surface area contributed by atoms with Crippen LogP contribution in [0.15, 0.2) is 12.3 Å². The van der Waals surface area contributed by atoms with Crippen molar-refractivity contribution < 1.29 is 8.78 Å². The Morgan fingerprint density at radius 2 is 1.93 bits per heavy atom. The third-order valence-corrected chi connectivity index (χ3v) is 1.79. The zero-order chi connectivity index (χ0) is 11.1. The predicted octanol–water partition coefficient (Wildman–Crippen LogP) is 3.92. The van der Waals surface area contributed by atoms with Crippen molar-refractivity contribution in [1.82, 2.24) is 4.98 Å². The van der Waals surface area contributed by atoms with Gasteiger partial charge in [0.1, 0.15) is 5.69 Å². The highest BCUT2D eigenvalue weighted by Gasteiger charge is 2.11. The van der Waals surface area contributed by atoms with E-state index in [0.29, 0.717) is 5.56 Å². The molecule has 0 atom stereocenters. The van der Waals surface area contributed by atoms with Crippen LogP contribution in [0.5, 0.6) is 0 Å². The molecule has 0 unspecified atom stereocenters. The number of alkyl halides is 2. The number of rotatable bonds is 2. The number of pyridine rings is 1. The van der Waals surface area contributed by atoms with Gasteiger partial charge in [-0.3, -0.25) is 4.98 Å². The van der Waals surface area contributed by atoms with Crippen molar-refractivity contribution >= 4 is 0 Å². The minimum absolute atomic E-state index is 0.104. The molecule has 0 aliphatic heterocycles. The van der Waals surface area contributed by atoms with Crippen molar-refractivity contribution in [3.63, 3.8) is 0 Å². The summed E-state index contributed by atoms with van der Waals surface area (Å²) in [6.07, 6.45) is -0.123. The zero-order valence-electron chi connectivity index (χ0n) is 9.14. The van der Waals surface area contributed by atoms with Gasteiger partial charge in [0.2, 0.25) is 0 Å². The first-order chi connectivity index (χ1) is 6.65. The Hall–Kier alpha value is -0.990. The third kappa shape index (κ3) is 3.40. The Kier molecular flexibility index (Phi) is 6.00. The summed E-state index contributed by atoms with van der Waals surface area (Å²) in [5.74, 6) is 0. The van der Waals surface area contributed by atoms with Crippen LogP contribution in [0.2, 0.25) is 0 Å². The molecule has 0 spiro atoms. The van der Waals surface area contributed by atoms with Gasteiger partial charge >= 0.3 is 0 Å². The van der Waals surface area contributed by atoms with Crippen LogP contribution >= 0.6 is 0 Å². The maximum Gasteiger partial charge on any atom is 0.280 e. The highest BCUT2D eigenvalue weighted by atomic mass is 19.3. The lowest BCUT2D eigenvalue weighted by atomic mass is 10.1. The first-order valence-electron chi connectivity index (χ1n) is 4.88. The van der Waals surface area contributed by atoms with Gasteiger partial charge in [0.05, 0.1) is 0 Å². The Labute approximate surface area is 84.2 Å². The molecule has 1 aromatic heterocycles. The molecule has 0 bridgehead atoms. The van der Waals surface area contributed by atoms with Crippen LogP contribution in [-0.4, -0.2) is 4.98 Å². The second-order valence-corrected chi connectivity index (χ2v) is 2.70. The molecule has 0 aliphatic rings. The van der Waals surface area contributed by atoms with Crippen LogP contribution in [0.25, 0.3) is 0 Å². The fraction of sp³-hybridized carbons (Fsp3) is 0.545. The summed E-state index contributed by atoms with van der Waals surface area (Å²) in [6.45, 7) is 7.63. The van der Waals surface area contributed by atoms with Gasteiger partial charge in [-0.15, -0.1) is 0 Å². The van der Waals surface area contributed by atoms with Crippen molar-refractivity contribution in [2.75, 3.05) is 0 Å². The second-order valence-electron chi connectivity index (χ2n) is 2.70. The van der Waals surface area contributed by atoms with E-state index >= 15 is 0 Å².